The summed E-state index contributed by atoms with van der Waals surface area (Å²) in [5.74, 6) is 0. The summed E-state index contributed by atoms with van der Waals surface area (Å²) < 4.78 is 13.9. The summed E-state index contributed by atoms with van der Waals surface area (Å²) in [6, 6.07) is 32.9. The summed E-state index contributed by atoms with van der Waals surface area (Å²) in [4.78, 5) is 16.0. The molecule has 0 spiro atoms. The molecule has 4 aromatic carbocycles. The zero-order chi connectivity index (χ0) is 23.8. The summed E-state index contributed by atoms with van der Waals surface area (Å²) >= 11 is 3.43. The normalized spacial score (nSPS) is 14.3. The molecule has 0 aromatic heterocycles. The monoisotopic (exact) mass is 510 g/mol. The van der Waals surface area contributed by atoms with Gasteiger partial charge in [-0.25, -0.2) is 0 Å². The highest BCUT2D eigenvalue weighted by Crippen LogP contribution is 2.52. The van der Waals surface area contributed by atoms with Gasteiger partial charge in [-0.05, 0) is 69.8 Å². The van der Waals surface area contributed by atoms with Crippen molar-refractivity contribution < 1.29 is 9.46 Å². The average molecular weight is 511 g/mol. The lowest BCUT2D eigenvalue weighted by Crippen LogP contribution is -2.01. The average Bonchev–Trinajstić information content (AvgIpc) is 3.11. The minimum atomic E-state index is -3.56. The minimum Gasteiger partial charge on any atom is -0.344 e. The molecule has 0 bridgehead atoms. The van der Waals surface area contributed by atoms with E-state index in [0.717, 1.165) is 53.0 Å². The van der Waals surface area contributed by atoms with Gasteiger partial charge in [0.25, 0.3) is 0 Å². The molecule has 172 valence electrons. The molecule has 0 atom stereocenters. The van der Waals surface area contributed by atoms with E-state index >= 15 is 0 Å². The molecule has 0 saturated carbocycles. The van der Waals surface area contributed by atoms with Gasteiger partial charge in [0.15, 0.2) is 0 Å². The quantitative estimate of drug-likeness (QED) is 0.279. The van der Waals surface area contributed by atoms with Crippen molar-refractivity contribution in [1.29, 1.82) is 0 Å². The maximum Gasteiger partial charge on any atom is 0.209 e. The van der Waals surface area contributed by atoms with E-state index in [1.54, 1.807) is 23.5 Å². The van der Waals surface area contributed by atoms with Gasteiger partial charge < -0.3 is 4.89 Å². The minimum absolute atomic E-state index is 0.132. The predicted molar refractivity (Wildman–Crippen MR) is 149 cm³/mol. The Morgan fingerprint density at radius 1 is 0.543 bits per heavy atom. The van der Waals surface area contributed by atoms with Crippen LogP contribution in [0.2, 0.25) is 0 Å². The lowest BCUT2D eigenvalue weighted by Gasteiger charge is -2.18. The van der Waals surface area contributed by atoms with Crippen molar-refractivity contribution in [2.75, 3.05) is 12.3 Å². The van der Waals surface area contributed by atoms with E-state index in [1.807, 2.05) is 48.5 Å². The van der Waals surface area contributed by atoms with E-state index in [1.165, 1.54) is 0 Å². The molecule has 0 fully saturated rings. The number of hydrogen-bond acceptors (Lipinski definition) is 3. The van der Waals surface area contributed by atoms with Gasteiger partial charge in [0, 0.05) is 19.6 Å². The largest absolute Gasteiger partial charge is 0.344 e. The fourth-order valence-electron chi connectivity index (χ4n) is 4.65. The Bertz CT molecular complexity index is 1440. The van der Waals surface area contributed by atoms with Crippen molar-refractivity contribution in [1.82, 2.24) is 0 Å². The Hall–Kier alpha value is -2.75. The zero-order valence-corrected chi connectivity index (χ0v) is 21.5. The summed E-state index contributed by atoms with van der Waals surface area (Å²) in [6.45, 7) is 0. The van der Waals surface area contributed by atoms with Gasteiger partial charge in [0.1, 0.15) is 0 Å². The highest BCUT2D eigenvalue weighted by molar-refractivity contribution is 7.99. The van der Waals surface area contributed by atoms with E-state index < -0.39 is 7.37 Å². The number of rotatable bonds is 4. The SMILES string of the molecule is O=P(O)(CC1=Cc2ccccc2Sc2ccccc21)CC1=Cc2ccccc2Sc2ccccc21. The molecule has 0 saturated heterocycles. The molecule has 1 N–H and O–H groups in total. The fraction of sp³-hybridized carbons (Fsp3) is 0.0667. The Morgan fingerprint density at radius 3 is 1.37 bits per heavy atom. The molecule has 0 radical (unpaired) electrons. The lowest BCUT2D eigenvalue weighted by molar-refractivity contribution is 0.486. The van der Waals surface area contributed by atoms with Crippen LogP contribution in [0, 0.1) is 0 Å². The smallest absolute Gasteiger partial charge is 0.209 e. The lowest BCUT2D eigenvalue weighted by atomic mass is 10.0. The van der Waals surface area contributed by atoms with Crippen LogP contribution in [0.4, 0.5) is 0 Å². The van der Waals surface area contributed by atoms with Gasteiger partial charge >= 0.3 is 0 Å². The van der Waals surface area contributed by atoms with Crippen LogP contribution in [-0.2, 0) is 4.57 Å². The van der Waals surface area contributed by atoms with Gasteiger partial charge in [-0.1, -0.05) is 96.3 Å². The first-order valence-corrected chi connectivity index (χ1v) is 15.2. The molecular formula is C30H23O2PS2. The third kappa shape index (κ3) is 4.72. The van der Waals surface area contributed by atoms with Crippen molar-refractivity contribution in [2.24, 2.45) is 0 Å². The number of allylic oxidation sites excluding steroid dienone is 2. The Labute approximate surface area is 214 Å². The first-order chi connectivity index (χ1) is 17.1. The van der Waals surface area contributed by atoms with Crippen LogP contribution in [0.5, 0.6) is 0 Å². The van der Waals surface area contributed by atoms with Gasteiger partial charge in [-0.15, -0.1) is 0 Å². The molecule has 4 aromatic rings. The van der Waals surface area contributed by atoms with Crippen molar-refractivity contribution in [3.05, 3.63) is 119 Å². The first-order valence-electron chi connectivity index (χ1n) is 11.5. The molecule has 0 unspecified atom stereocenters. The highest BCUT2D eigenvalue weighted by atomic mass is 32.2. The second kappa shape index (κ2) is 9.37. The van der Waals surface area contributed by atoms with Crippen LogP contribution in [0.3, 0.4) is 0 Å². The van der Waals surface area contributed by atoms with E-state index in [9.17, 15) is 9.46 Å². The van der Waals surface area contributed by atoms with Crippen molar-refractivity contribution >= 4 is 54.2 Å². The van der Waals surface area contributed by atoms with Gasteiger partial charge in [-0.3, -0.25) is 4.57 Å². The molecular weight excluding hydrogens is 487 g/mol. The summed E-state index contributed by atoms with van der Waals surface area (Å²) in [6.07, 6.45) is 4.45. The zero-order valence-electron chi connectivity index (χ0n) is 18.9. The molecule has 2 aliphatic rings. The predicted octanol–water partition coefficient (Wildman–Crippen LogP) is 8.67. The Kier molecular flexibility index (Phi) is 6.07. The van der Waals surface area contributed by atoms with Crippen LogP contribution >= 0.6 is 30.9 Å². The van der Waals surface area contributed by atoms with E-state index in [0.29, 0.717) is 0 Å². The van der Waals surface area contributed by atoms with Crippen LogP contribution in [-0.4, -0.2) is 17.2 Å². The third-order valence-corrected chi connectivity index (χ3v) is 10.2. The Balaban J connectivity index is 1.39. The fourth-order valence-corrected chi connectivity index (χ4v) is 8.51. The first kappa shape index (κ1) is 22.7. The molecule has 2 nitrogen and oxygen atoms in total. The molecule has 0 amide bonds. The maximum absolute atomic E-state index is 13.9. The maximum atomic E-state index is 13.9. The Morgan fingerprint density at radius 2 is 0.914 bits per heavy atom. The van der Waals surface area contributed by atoms with E-state index in [-0.39, 0.29) is 12.3 Å². The van der Waals surface area contributed by atoms with Gasteiger partial charge in [0.05, 0.1) is 12.3 Å². The van der Waals surface area contributed by atoms with Gasteiger partial charge in [-0.2, -0.15) is 0 Å². The molecule has 5 heteroatoms. The third-order valence-electron chi connectivity index (χ3n) is 6.24. The van der Waals surface area contributed by atoms with Crippen molar-refractivity contribution in [3.8, 4) is 0 Å². The summed E-state index contributed by atoms with van der Waals surface area (Å²) in [7, 11) is -3.56. The molecule has 35 heavy (non-hydrogen) atoms. The highest BCUT2D eigenvalue weighted by Gasteiger charge is 2.28. The van der Waals surface area contributed by atoms with Gasteiger partial charge in [0.2, 0.25) is 7.37 Å². The van der Waals surface area contributed by atoms with Crippen LogP contribution in [0.1, 0.15) is 22.3 Å². The number of benzene rings is 4. The molecule has 2 aliphatic heterocycles. The topological polar surface area (TPSA) is 37.3 Å². The van der Waals surface area contributed by atoms with Crippen LogP contribution in [0.25, 0.3) is 23.3 Å². The number of hydrogen-bond donors (Lipinski definition) is 1. The molecule has 0 aliphatic carbocycles. The van der Waals surface area contributed by atoms with Crippen LogP contribution in [0.15, 0.2) is 117 Å². The van der Waals surface area contributed by atoms with Crippen LogP contribution < -0.4 is 0 Å². The van der Waals surface area contributed by atoms with E-state index in [4.69, 9.17) is 0 Å². The van der Waals surface area contributed by atoms with E-state index in [2.05, 4.69) is 60.7 Å². The number of fused-ring (bicyclic) bond motifs is 4. The standard InChI is InChI=1S/C30H23O2PS2/c31-33(32,19-23-17-21-9-1-5-13-27(21)34-29-15-7-3-11-25(23)29)20-24-18-22-10-2-6-14-28(22)35-30-16-8-4-12-26(24)30/h1-18H,19-20H2,(H,31,32). The molecule has 6 rings (SSSR count). The van der Waals surface area contributed by atoms with Crippen molar-refractivity contribution in [3.63, 3.8) is 0 Å². The summed E-state index contributed by atoms with van der Waals surface area (Å²) in [5, 5.41) is 0. The van der Waals surface area contributed by atoms with Crippen molar-refractivity contribution in [2.45, 2.75) is 19.6 Å². The molecule has 2 heterocycles. The summed E-state index contributed by atoms with van der Waals surface area (Å²) in [5.41, 5.74) is 6.10. The second-order valence-corrected chi connectivity index (χ2v) is 13.3. The second-order valence-electron chi connectivity index (χ2n) is 8.77.